The van der Waals surface area contributed by atoms with Crippen LogP contribution in [0.4, 0.5) is 5.69 Å². The van der Waals surface area contributed by atoms with Gasteiger partial charge in [0.25, 0.3) is 5.69 Å². The molecule has 0 aromatic heterocycles. The second kappa shape index (κ2) is 10.5. The normalized spacial score (nSPS) is 16.0. The van der Waals surface area contributed by atoms with Gasteiger partial charge in [-0.25, -0.2) is 0 Å². The molecule has 2 rings (SSSR count). The Morgan fingerprint density at radius 3 is 2.38 bits per heavy atom. The van der Waals surface area contributed by atoms with E-state index < -0.39 is 28.8 Å². The number of carbonyl (C=O) groups is 3. The Balaban J connectivity index is 2.23. The van der Waals surface area contributed by atoms with Gasteiger partial charge in [0, 0.05) is 24.5 Å². The van der Waals surface area contributed by atoms with Gasteiger partial charge in [-0.05, 0) is 31.2 Å². The highest BCUT2D eigenvalue weighted by Crippen LogP contribution is 2.29. The van der Waals surface area contributed by atoms with Crippen molar-refractivity contribution in [3.05, 3.63) is 39.9 Å². The third-order valence-electron chi connectivity index (χ3n) is 5.20. The smallest absolute Gasteiger partial charge is 0.306 e. The van der Waals surface area contributed by atoms with Gasteiger partial charge in [0.1, 0.15) is 6.04 Å². The molecule has 1 aromatic rings. The molecule has 3 N–H and O–H groups in total. The maximum atomic E-state index is 12.5. The number of hydrogen-bond acceptors (Lipinski definition) is 6. The fourth-order valence-electron chi connectivity index (χ4n) is 3.75. The minimum absolute atomic E-state index is 0.121. The van der Waals surface area contributed by atoms with Gasteiger partial charge in [-0.2, -0.15) is 0 Å². The average Bonchev–Trinajstić information content (AvgIpc) is 3.17. The molecule has 0 radical (unpaired) electrons. The zero-order valence-corrected chi connectivity index (χ0v) is 16.5. The van der Waals surface area contributed by atoms with E-state index in [0.717, 1.165) is 25.7 Å². The summed E-state index contributed by atoms with van der Waals surface area (Å²) in [6, 6.07) is 4.36. The molecule has 0 spiro atoms. The molecule has 1 fully saturated rings. The van der Waals surface area contributed by atoms with Crippen LogP contribution in [0.5, 0.6) is 0 Å². The first kappa shape index (κ1) is 22.3. The number of primary amides is 1. The Labute approximate surface area is 169 Å². The van der Waals surface area contributed by atoms with Crippen molar-refractivity contribution in [2.45, 2.75) is 57.4 Å². The first-order valence-electron chi connectivity index (χ1n) is 9.80. The number of nitro benzene ring substituents is 1. The lowest BCUT2D eigenvalue weighted by Crippen LogP contribution is -2.49. The number of carbonyl (C=O) groups excluding carboxylic acids is 3. The van der Waals surface area contributed by atoms with Gasteiger partial charge in [0.15, 0.2) is 0 Å². The van der Waals surface area contributed by atoms with E-state index in [0.29, 0.717) is 12.0 Å². The first-order valence-corrected chi connectivity index (χ1v) is 9.80. The van der Waals surface area contributed by atoms with Gasteiger partial charge in [0.05, 0.1) is 18.0 Å². The molecular weight excluding hydrogens is 378 g/mol. The van der Waals surface area contributed by atoms with Crippen molar-refractivity contribution in [2.75, 3.05) is 6.61 Å². The van der Waals surface area contributed by atoms with E-state index in [9.17, 15) is 24.5 Å². The predicted molar refractivity (Wildman–Crippen MR) is 105 cm³/mol. The summed E-state index contributed by atoms with van der Waals surface area (Å²) in [6.07, 6.45) is 4.24. The van der Waals surface area contributed by atoms with Crippen molar-refractivity contribution >= 4 is 23.5 Å². The predicted octanol–water partition coefficient (Wildman–Crippen LogP) is 2.18. The summed E-state index contributed by atoms with van der Waals surface area (Å²) < 4.78 is 4.99. The van der Waals surface area contributed by atoms with Crippen molar-refractivity contribution in [2.24, 2.45) is 11.7 Å². The molecule has 0 aliphatic heterocycles. The number of nitrogens with zero attached hydrogens (tertiary/aromatic N) is 1. The van der Waals surface area contributed by atoms with Crippen LogP contribution in [-0.2, 0) is 19.1 Å². The number of rotatable bonds is 10. The molecule has 1 aromatic carbocycles. The molecular formula is C20H27N3O6. The Kier molecular flexibility index (Phi) is 8.11. The van der Waals surface area contributed by atoms with Crippen molar-refractivity contribution in [3.63, 3.8) is 0 Å². The molecule has 1 saturated carbocycles. The Morgan fingerprint density at radius 1 is 1.24 bits per heavy atom. The molecule has 2 atom stereocenters. The lowest BCUT2D eigenvalue weighted by Gasteiger charge is -2.26. The Morgan fingerprint density at radius 2 is 1.86 bits per heavy atom. The van der Waals surface area contributed by atoms with Crippen LogP contribution in [0.15, 0.2) is 24.3 Å². The zero-order chi connectivity index (χ0) is 21.4. The molecule has 1 aliphatic carbocycles. The number of nitro groups is 1. The molecule has 9 nitrogen and oxygen atoms in total. The fourth-order valence-corrected chi connectivity index (χ4v) is 3.75. The molecule has 9 heteroatoms. The number of esters is 1. The van der Waals surface area contributed by atoms with Crippen LogP contribution in [0, 0.1) is 16.0 Å². The number of non-ortho nitro benzene ring substituents is 1. The summed E-state index contributed by atoms with van der Waals surface area (Å²) in [5.41, 5.74) is 5.90. The van der Waals surface area contributed by atoms with Crippen molar-refractivity contribution < 1.29 is 24.0 Å². The summed E-state index contributed by atoms with van der Waals surface area (Å²) >= 11 is 0. The fraction of sp³-hybridized carbons (Fsp3) is 0.550. The number of hydrogen-bond donors (Lipinski definition) is 2. The van der Waals surface area contributed by atoms with E-state index in [-0.39, 0.29) is 30.5 Å². The van der Waals surface area contributed by atoms with E-state index in [4.69, 9.17) is 10.5 Å². The number of nitrogens with one attached hydrogen (secondary N) is 1. The van der Waals surface area contributed by atoms with Crippen LogP contribution in [0.2, 0.25) is 0 Å². The van der Waals surface area contributed by atoms with Crippen LogP contribution in [-0.4, -0.2) is 35.4 Å². The zero-order valence-electron chi connectivity index (χ0n) is 16.5. The number of amides is 2. The quantitative estimate of drug-likeness (QED) is 0.347. The number of benzene rings is 1. The van der Waals surface area contributed by atoms with Gasteiger partial charge in [-0.3, -0.25) is 24.5 Å². The summed E-state index contributed by atoms with van der Waals surface area (Å²) in [7, 11) is 0. The summed E-state index contributed by atoms with van der Waals surface area (Å²) in [6.45, 7) is 1.83. The Bertz CT molecular complexity index is 743. The lowest BCUT2D eigenvalue weighted by molar-refractivity contribution is -0.384. The minimum Gasteiger partial charge on any atom is -0.466 e. The van der Waals surface area contributed by atoms with Gasteiger partial charge < -0.3 is 15.8 Å². The van der Waals surface area contributed by atoms with Crippen molar-refractivity contribution in [1.29, 1.82) is 0 Å². The monoisotopic (exact) mass is 405 g/mol. The molecule has 29 heavy (non-hydrogen) atoms. The second-order valence-electron chi connectivity index (χ2n) is 7.27. The molecule has 2 amide bonds. The van der Waals surface area contributed by atoms with E-state index >= 15 is 0 Å². The van der Waals surface area contributed by atoms with Gasteiger partial charge in [0.2, 0.25) is 11.8 Å². The van der Waals surface area contributed by atoms with E-state index in [1.54, 1.807) is 6.92 Å². The van der Waals surface area contributed by atoms with Crippen molar-refractivity contribution in [1.82, 2.24) is 5.32 Å². The van der Waals surface area contributed by atoms with E-state index in [1.807, 2.05) is 0 Å². The standard InChI is InChI=1S/C20H27N3O6/c1-2-29-18(25)12-16(14-7-9-15(10-8-14)23(27)28)19(20(21)26)22-17(24)11-13-5-3-4-6-13/h7-10,13,16,19H,2-6,11-12H2,1H3,(H2,21,26)(H,22,24)/t16-,19+/m1/s1. The molecule has 0 bridgehead atoms. The van der Waals surface area contributed by atoms with Crippen LogP contribution in [0.3, 0.4) is 0 Å². The Hall–Kier alpha value is -2.97. The van der Waals surface area contributed by atoms with Crippen LogP contribution >= 0.6 is 0 Å². The largest absolute Gasteiger partial charge is 0.466 e. The maximum absolute atomic E-state index is 12.5. The third kappa shape index (κ3) is 6.55. The topological polar surface area (TPSA) is 142 Å². The SMILES string of the molecule is CCOC(=O)C[C@H](c1ccc([N+](=O)[O-])cc1)[C@H](NC(=O)CC1CCCC1)C(N)=O. The summed E-state index contributed by atoms with van der Waals surface area (Å²) in [5, 5.41) is 13.6. The first-order chi connectivity index (χ1) is 13.8. The second-order valence-corrected chi connectivity index (χ2v) is 7.27. The van der Waals surface area contributed by atoms with Crippen LogP contribution in [0.25, 0.3) is 0 Å². The maximum Gasteiger partial charge on any atom is 0.306 e. The highest BCUT2D eigenvalue weighted by Gasteiger charge is 2.33. The summed E-state index contributed by atoms with van der Waals surface area (Å²) in [5.74, 6) is -2.13. The lowest BCUT2D eigenvalue weighted by atomic mass is 9.87. The highest BCUT2D eigenvalue weighted by atomic mass is 16.6. The minimum atomic E-state index is -1.13. The molecule has 0 unspecified atom stereocenters. The summed E-state index contributed by atoms with van der Waals surface area (Å²) in [4.78, 5) is 47.1. The van der Waals surface area contributed by atoms with Gasteiger partial charge in [-0.1, -0.05) is 25.0 Å². The average molecular weight is 405 g/mol. The molecule has 158 valence electrons. The highest BCUT2D eigenvalue weighted by molar-refractivity contribution is 5.88. The van der Waals surface area contributed by atoms with Crippen LogP contribution in [0.1, 0.15) is 56.9 Å². The molecule has 0 heterocycles. The number of nitrogens with two attached hydrogens (primary N) is 1. The number of ether oxygens (including phenoxy) is 1. The van der Waals surface area contributed by atoms with Crippen LogP contribution < -0.4 is 11.1 Å². The molecule has 1 aliphatic rings. The molecule has 0 saturated heterocycles. The van der Waals surface area contributed by atoms with Gasteiger partial charge >= 0.3 is 5.97 Å². The van der Waals surface area contributed by atoms with Crippen molar-refractivity contribution in [3.8, 4) is 0 Å². The van der Waals surface area contributed by atoms with Gasteiger partial charge in [-0.15, -0.1) is 0 Å². The third-order valence-corrected chi connectivity index (χ3v) is 5.20. The van der Waals surface area contributed by atoms with E-state index in [1.165, 1.54) is 24.3 Å². The van der Waals surface area contributed by atoms with E-state index in [2.05, 4.69) is 5.32 Å².